The van der Waals surface area contributed by atoms with Crippen molar-refractivity contribution in [3.63, 3.8) is 0 Å². The van der Waals surface area contributed by atoms with E-state index in [-0.39, 0.29) is 6.10 Å². The van der Waals surface area contributed by atoms with Gasteiger partial charge in [-0.15, -0.1) is 0 Å². The lowest BCUT2D eigenvalue weighted by Gasteiger charge is -2.26. The van der Waals surface area contributed by atoms with Crippen LogP contribution in [0.3, 0.4) is 0 Å². The normalized spacial score (nSPS) is 18.3. The van der Waals surface area contributed by atoms with Gasteiger partial charge in [0.05, 0.1) is 36.2 Å². The van der Waals surface area contributed by atoms with E-state index < -0.39 is 5.76 Å². The monoisotopic (exact) mass is 273 g/mol. The third-order valence-corrected chi connectivity index (χ3v) is 3.40. The van der Waals surface area contributed by atoms with Gasteiger partial charge >= 0.3 is 5.76 Å². The fraction of sp³-hybridized carbons (Fsp3) is 0.333. The average Bonchev–Trinajstić information content (AvgIpc) is 2.99. The Kier molecular flexibility index (Phi) is 2.43. The molecule has 0 aromatic carbocycles. The molecule has 1 aliphatic rings. The molecule has 1 atom stereocenters. The van der Waals surface area contributed by atoms with Crippen molar-refractivity contribution in [3.05, 3.63) is 29.1 Å². The molecule has 0 amide bonds. The summed E-state index contributed by atoms with van der Waals surface area (Å²) in [6.45, 7) is 1.16. The molecule has 1 aliphatic heterocycles. The number of aromatic nitrogens is 5. The summed E-state index contributed by atoms with van der Waals surface area (Å²) >= 11 is 0. The number of H-pyrrole nitrogens is 1. The highest BCUT2D eigenvalue weighted by molar-refractivity contribution is 5.77. The second-order valence-corrected chi connectivity index (χ2v) is 4.65. The largest absolute Gasteiger partial charge is 0.442 e. The van der Waals surface area contributed by atoms with E-state index >= 15 is 0 Å². The van der Waals surface area contributed by atoms with E-state index in [2.05, 4.69) is 20.1 Å². The number of fused-ring (bicyclic) bond motifs is 1. The molecule has 4 heterocycles. The summed E-state index contributed by atoms with van der Waals surface area (Å²) in [5.74, 6) is -0.102. The molecule has 3 aromatic rings. The van der Waals surface area contributed by atoms with Crippen LogP contribution in [0.1, 0.15) is 6.42 Å². The molecule has 8 nitrogen and oxygen atoms in total. The lowest BCUT2D eigenvalue weighted by Crippen LogP contribution is -2.34. The molecule has 0 bridgehead atoms. The Bertz CT molecular complexity index is 814. The van der Waals surface area contributed by atoms with Gasteiger partial charge in [0.15, 0.2) is 0 Å². The predicted octanol–water partition coefficient (Wildman–Crippen LogP) is 0.563. The summed E-state index contributed by atoms with van der Waals surface area (Å²) < 4.78 is 11.5. The highest BCUT2D eigenvalue weighted by atomic mass is 16.5. The Labute approximate surface area is 112 Å². The molecule has 4 rings (SSSR count). The van der Waals surface area contributed by atoms with E-state index in [1.807, 2.05) is 0 Å². The Morgan fingerprint density at radius 1 is 1.45 bits per heavy atom. The fourth-order valence-corrected chi connectivity index (χ4v) is 2.20. The molecule has 0 unspecified atom stereocenters. The smallest absolute Gasteiger partial charge is 0.376 e. The number of rotatable bonds is 3. The van der Waals surface area contributed by atoms with E-state index in [1.165, 1.54) is 4.57 Å². The standard InChI is InChI=1S/C12H11N5O3/c18-12-17(5-7-1-2-19-7)11(16-20-12)9-3-8-10(4-13-9)15-6-14-8/h3-4,6-7H,1-2,5H2,(H,14,15)/t7-/m0/s1. The molecule has 20 heavy (non-hydrogen) atoms. The van der Waals surface area contributed by atoms with Crippen molar-refractivity contribution >= 4 is 11.0 Å². The Hall–Kier alpha value is -2.48. The molecule has 102 valence electrons. The summed E-state index contributed by atoms with van der Waals surface area (Å²) in [4.78, 5) is 23.1. The van der Waals surface area contributed by atoms with Gasteiger partial charge in [0, 0.05) is 6.61 Å². The van der Waals surface area contributed by atoms with Crippen LogP contribution in [0, 0.1) is 0 Å². The minimum absolute atomic E-state index is 0.0416. The zero-order chi connectivity index (χ0) is 13.5. The van der Waals surface area contributed by atoms with Gasteiger partial charge in [-0.3, -0.25) is 14.1 Å². The SMILES string of the molecule is O=c1onc(-c2cc3nc[nH]c3cn2)n1C[C@@H]1CCO1. The van der Waals surface area contributed by atoms with Crippen LogP contribution in [0.2, 0.25) is 0 Å². The highest BCUT2D eigenvalue weighted by Gasteiger charge is 2.23. The molecule has 1 fully saturated rings. The average molecular weight is 273 g/mol. The molecular formula is C12H11N5O3. The first kappa shape index (κ1) is 11.4. The maximum absolute atomic E-state index is 11.7. The lowest BCUT2D eigenvalue weighted by atomic mass is 10.2. The van der Waals surface area contributed by atoms with Crippen LogP contribution in [0.5, 0.6) is 0 Å². The Balaban J connectivity index is 1.78. The number of hydrogen-bond donors (Lipinski definition) is 1. The number of imidazole rings is 1. The van der Waals surface area contributed by atoms with Gasteiger partial charge in [-0.2, -0.15) is 0 Å². The van der Waals surface area contributed by atoms with E-state index in [4.69, 9.17) is 9.26 Å². The second-order valence-electron chi connectivity index (χ2n) is 4.65. The molecule has 0 spiro atoms. The van der Waals surface area contributed by atoms with Gasteiger partial charge in [-0.1, -0.05) is 5.16 Å². The van der Waals surface area contributed by atoms with Crippen molar-refractivity contribution in [1.82, 2.24) is 24.7 Å². The topological polar surface area (TPSA) is 98.8 Å². The van der Waals surface area contributed by atoms with Crippen LogP contribution in [-0.2, 0) is 11.3 Å². The van der Waals surface area contributed by atoms with Crippen LogP contribution in [0.25, 0.3) is 22.6 Å². The number of nitrogens with one attached hydrogen (secondary N) is 1. The first-order valence-corrected chi connectivity index (χ1v) is 6.29. The summed E-state index contributed by atoms with van der Waals surface area (Å²) in [6, 6.07) is 1.77. The number of nitrogens with zero attached hydrogens (tertiary/aromatic N) is 4. The van der Waals surface area contributed by atoms with E-state index in [1.54, 1.807) is 18.6 Å². The maximum atomic E-state index is 11.7. The first-order valence-electron chi connectivity index (χ1n) is 6.29. The van der Waals surface area contributed by atoms with Gasteiger partial charge in [0.1, 0.15) is 5.69 Å². The Morgan fingerprint density at radius 3 is 3.15 bits per heavy atom. The van der Waals surface area contributed by atoms with E-state index in [0.29, 0.717) is 18.1 Å². The van der Waals surface area contributed by atoms with Crippen LogP contribution >= 0.6 is 0 Å². The summed E-state index contributed by atoms with van der Waals surface area (Å²) in [5.41, 5.74) is 2.14. The second kappa shape index (κ2) is 4.27. The van der Waals surface area contributed by atoms with Gasteiger partial charge in [0.2, 0.25) is 5.82 Å². The molecule has 1 N–H and O–H groups in total. The zero-order valence-corrected chi connectivity index (χ0v) is 10.4. The molecule has 1 saturated heterocycles. The first-order chi connectivity index (χ1) is 9.81. The molecule has 0 radical (unpaired) electrons. The van der Waals surface area contributed by atoms with Gasteiger partial charge in [0.25, 0.3) is 0 Å². The fourth-order valence-electron chi connectivity index (χ4n) is 2.20. The van der Waals surface area contributed by atoms with Crippen molar-refractivity contribution in [3.8, 4) is 11.5 Å². The van der Waals surface area contributed by atoms with E-state index in [0.717, 1.165) is 24.1 Å². The van der Waals surface area contributed by atoms with Crippen molar-refractivity contribution in [2.75, 3.05) is 6.61 Å². The number of pyridine rings is 1. The van der Waals surface area contributed by atoms with Crippen LogP contribution in [-0.4, -0.2) is 37.4 Å². The molecule has 8 heteroatoms. The third kappa shape index (κ3) is 1.73. The molecule has 3 aromatic heterocycles. The highest BCUT2D eigenvalue weighted by Crippen LogP contribution is 2.20. The predicted molar refractivity (Wildman–Crippen MR) is 68.0 cm³/mol. The molecule has 0 aliphatic carbocycles. The minimum atomic E-state index is -0.501. The lowest BCUT2D eigenvalue weighted by molar-refractivity contribution is -0.0598. The molecule has 0 saturated carbocycles. The molecular weight excluding hydrogens is 262 g/mol. The van der Waals surface area contributed by atoms with E-state index in [9.17, 15) is 4.79 Å². The summed E-state index contributed by atoms with van der Waals surface area (Å²) in [6.07, 6.45) is 4.22. The third-order valence-electron chi connectivity index (χ3n) is 3.40. The zero-order valence-electron chi connectivity index (χ0n) is 10.4. The number of ether oxygens (including phenoxy) is 1. The number of hydrogen-bond acceptors (Lipinski definition) is 6. The van der Waals surface area contributed by atoms with Crippen molar-refractivity contribution in [2.24, 2.45) is 0 Å². The van der Waals surface area contributed by atoms with Gasteiger partial charge in [-0.25, -0.2) is 9.78 Å². The van der Waals surface area contributed by atoms with Crippen molar-refractivity contribution in [1.29, 1.82) is 0 Å². The maximum Gasteiger partial charge on any atom is 0.442 e. The van der Waals surface area contributed by atoms with Crippen LogP contribution < -0.4 is 5.76 Å². The van der Waals surface area contributed by atoms with Crippen LogP contribution in [0.4, 0.5) is 0 Å². The van der Waals surface area contributed by atoms with Crippen molar-refractivity contribution < 1.29 is 9.26 Å². The quantitative estimate of drug-likeness (QED) is 0.748. The van der Waals surface area contributed by atoms with Gasteiger partial charge < -0.3 is 9.72 Å². The number of aromatic amines is 1. The van der Waals surface area contributed by atoms with Crippen molar-refractivity contribution in [2.45, 2.75) is 19.1 Å². The van der Waals surface area contributed by atoms with Crippen LogP contribution in [0.15, 0.2) is 27.9 Å². The summed E-state index contributed by atoms with van der Waals surface area (Å²) in [5, 5.41) is 3.81. The minimum Gasteiger partial charge on any atom is -0.376 e. The summed E-state index contributed by atoms with van der Waals surface area (Å²) in [7, 11) is 0. The Morgan fingerprint density at radius 2 is 2.35 bits per heavy atom. The van der Waals surface area contributed by atoms with Gasteiger partial charge in [-0.05, 0) is 12.5 Å².